The Bertz CT molecular complexity index is 444. The van der Waals surface area contributed by atoms with Crippen LogP contribution in [0.1, 0.15) is 13.8 Å². The summed E-state index contributed by atoms with van der Waals surface area (Å²) in [6.45, 7) is 3.12. The van der Waals surface area contributed by atoms with Crippen molar-refractivity contribution >= 4 is 9.84 Å². The van der Waals surface area contributed by atoms with Crippen LogP contribution in [-0.4, -0.2) is 19.6 Å². The van der Waals surface area contributed by atoms with Crippen molar-refractivity contribution in [1.29, 1.82) is 0 Å². The maximum absolute atomic E-state index is 11.8. The van der Waals surface area contributed by atoms with Gasteiger partial charge in [-0.2, -0.15) is 0 Å². The van der Waals surface area contributed by atoms with E-state index in [1.54, 1.807) is 25.1 Å². The third kappa shape index (κ3) is 3.18. The van der Waals surface area contributed by atoms with Crippen molar-refractivity contribution in [3.05, 3.63) is 41.3 Å². The van der Waals surface area contributed by atoms with Gasteiger partial charge in [-0.05, 0) is 31.6 Å². The first-order valence-electron chi connectivity index (χ1n) is 4.60. The van der Waals surface area contributed by atoms with E-state index in [1.165, 1.54) is 19.1 Å². The Balaban J connectivity index is 3.11. The summed E-state index contributed by atoms with van der Waals surface area (Å²) in [4.78, 5) is 0.241. The first-order valence-corrected chi connectivity index (χ1v) is 6.14. The van der Waals surface area contributed by atoms with Crippen molar-refractivity contribution in [2.24, 2.45) is 0 Å². The lowest BCUT2D eigenvalue weighted by Crippen LogP contribution is -2.05. The second-order valence-corrected chi connectivity index (χ2v) is 5.19. The van der Waals surface area contributed by atoms with Gasteiger partial charge in [-0.15, -0.1) is 0 Å². The molecule has 0 aromatic heterocycles. The van der Waals surface area contributed by atoms with Gasteiger partial charge in [0.2, 0.25) is 0 Å². The Kier molecular flexibility index (Phi) is 3.66. The van der Waals surface area contributed by atoms with Gasteiger partial charge in [-0.25, -0.2) is 8.42 Å². The van der Waals surface area contributed by atoms with Crippen molar-refractivity contribution in [2.45, 2.75) is 24.8 Å². The van der Waals surface area contributed by atoms with Gasteiger partial charge >= 0.3 is 0 Å². The molecule has 0 heterocycles. The zero-order chi connectivity index (χ0) is 11.5. The number of sulfone groups is 1. The molecule has 82 valence electrons. The SMILES string of the molecule is C/C(=C\S(=O)(=O)c1ccccc1)[C@H](C)O. The van der Waals surface area contributed by atoms with Crippen LogP contribution < -0.4 is 0 Å². The molecule has 1 aromatic carbocycles. The molecule has 0 aliphatic heterocycles. The molecule has 0 unspecified atom stereocenters. The smallest absolute Gasteiger partial charge is 0.199 e. The molecule has 1 aromatic rings. The molecule has 0 aliphatic rings. The number of hydrogen-bond donors (Lipinski definition) is 1. The van der Waals surface area contributed by atoms with E-state index < -0.39 is 15.9 Å². The lowest BCUT2D eigenvalue weighted by molar-refractivity contribution is 0.232. The Morgan fingerprint density at radius 3 is 2.33 bits per heavy atom. The molecule has 0 fully saturated rings. The minimum Gasteiger partial charge on any atom is -0.389 e. The quantitative estimate of drug-likeness (QED) is 0.854. The number of benzene rings is 1. The number of aliphatic hydroxyl groups is 1. The fraction of sp³-hybridized carbons (Fsp3) is 0.273. The zero-order valence-electron chi connectivity index (χ0n) is 8.71. The van der Waals surface area contributed by atoms with E-state index >= 15 is 0 Å². The molecular formula is C11H14O3S. The van der Waals surface area contributed by atoms with Crippen molar-refractivity contribution in [2.75, 3.05) is 0 Å². The third-order valence-corrected chi connectivity index (χ3v) is 3.68. The summed E-state index contributed by atoms with van der Waals surface area (Å²) in [6.07, 6.45) is -0.747. The Morgan fingerprint density at radius 2 is 1.87 bits per heavy atom. The van der Waals surface area contributed by atoms with Crippen LogP contribution in [0.15, 0.2) is 46.2 Å². The largest absolute Gasteiger partial charge is 0.389 e. The average Bonchev–Trinajstić information content (AvgIpc) is 2.18. The average molecular weight is 226 g/mol. The highest BCUT2D eigenvalue weighted by molar-refractivity contribution is 7.94. The molecule has 0 spiro atoms. The van der Waals surface area contributed by atoms with E-state index in [-0.39, 0.29) is 4.90 Å². The van der Waals surface area contributed by atoms with Crippen LogP contribution >= 0.6 is 0 Å². The van der Waals surface area contributed by atoms with Gasteiger partial charge in [0.25, 0.3) is 0 Å². The zero-order valence-corrected chi connectivity index (χ0v) is 9.53. The Hall–Kier alpha value is -1.13. The first kappa shape index (κ1) is 11.9. The van der Waals surface area contributed by atoms with E-state index in [0.717, 1.165) is 5.41 Å². The Morgan fingerprint density at radius 1 is 1.33 bits per heavy atom. The van der Waals surface area contributed by atoms with Gasteiger partial charge in [0.05, 0.1) is 11.0 Å². The normalized spacial score (nSPS) is 15.0. The summed E-state index contributed by atoms with van der Waals surface area (Å²) >= 11 is 0. The van der Waals surface area contributed by atoms with Crippen molar-refractivity contribution in [3.8, 4) is 0 Å². The first-order chi connectivity index (χ1) is 6.93. The summed E-state index contributed by atoms with van der Waals surface area (Å²) in [6, 6.07) is 8.14. The summed E-state index contributed by atoms with van der Waals surface area (Å²) in [7, 11) is -3.43. The van der Waals surface area contributed by atoms with Crippen LogP contribution in [0.5, 0.6) is 0 Å². The monoisotopic (exact) mass is 226 g/mol. The maximum Gasteiger partial charge on any atom is 0.199 e. The fourth-order valence-electron chi connectivity index (χ4n) is 1.02. The molecule has 1 N–H and O–H groups in total. The molecular weight excluding hydrogens is 212 g/mol. The van der Waals surface area contributed by atoms with Crippen molar-refractivity contribution < 1.29 is 13.5 Å². The molecule has 0 saturated heterocycles. The molecule has 1 rings (SSSR count). The van der Waals surface area contributed by atoms with Gasteiger partial charge in [-0.3, -0.25) is 0 Å². The van der Waals surface area contributed by atoms with Crippen molar-refractivity contribution in [1.82, 2.24) is 0 Å². The van der Waals surface area contributed by atoms with Crippen LogP contribution in [0.2, 0.25) is 0 Å². The minimum absolute atomic E-state index is 0.241. The van der Waals surface area contributed by atoms with Crippen molar-refractivity contribution in [3.63, 3.8) is 0 Å². The van der Waals surface area contributed by atoms with Crippen LogP contribution in [0.4, 0.5) is 0 Å². The van der Waals surface area contributed by atoms with Gasteiger partial charge in [0, 0.05) is 5.41 Å². The van der Waals surface area contributed by atoms with E-state index in [0.29, 0.717) is 5.57 Å². The summed E-state index contributed by atoms with van der Waals surface area (Å²) in [5.41, 5.74) is 0.429. The van der Waals surface area contributed by atoms with Gasteiger partial charge in [0.1, 0.15) is 0 Å². The molecule has 0 bridgehead atoms. The summed E-state index contributed by atoms with van der Waals surface area (Å²) < 4.78 is 23.5. The molecule has 4 heteroatoms. The Labute approximate surface area is 90.0 Å². The lowest BCUT2D eigenvalue weighted by Gasteiger charge is -2.04. The van der Waals surface area contributed by atoms with E-state index in [2.05, 4.69) is 0 Å². The molecule has 0 aliphatic carbocycles. The van der Waals surface area contributed by atoms with Gasteiger partial charge < -0.3 is 5.11 Å². The second kappa shape index (κ2) is 4.59. The number of aliphatic hydroxyl groups excluding tert-OH is 1. The van der Waals surface area contributed by atoms with Crippen LogP contribution in [0.25, 0.3) is 0 Å². The standard InChI is InChI=1S/C11H14O3S/c1-9(10(2)12)8-15(13,14)11-6-4-3-5-7-11/h3-8,10,12H,1-2H3/b9-8+/t10-/m0/s1. The second-order valence-electron chi connectivity index (χ2n) is 3.40. The molecule has 15 heavy (non-hydrogen) atoms. The molecule has 0 saturated carbocycles. The third-order valence-electron chi connectivity index (χ3n) is 2.07. The minimum atomic E-state index is -3.43. The molecule has 3 nitrogen and oxygen atoms in total. The maximum atomic E-state index is 11.8. The predicted molar refractivity (Wildman–Crippen MR) is 59.1 cm³/mol. The van der Waals surface area contributed by atoms with E-state index in [1.807, 2.05) is 0 Å². The molecule has 0 radical (unpaired) electrons. The van der Waals surface area contributed by atoms with Crippen LogP contribution in [0, 0.1) is 0 Å². The lowest BCUT2D eigenvalue weighted by atomic mass is 10.2. The van der Waals surface area contributed by atoms with E-state index in [4.69, 9.17) is 0 Å². The molecule has 1 atom stereocenters. The highest BCUT2D eigenvalue weighted by Crippen LogP contribution is 2.14. The van der Waals surface area contributed by atoms with Crippen LogP contribution in [-0.2, 0) is 9.84 Å². The summed E-state index contributed by atoms with van der Waals surface area (Å²) in [5.74, 6) is 0. The predicted octanol–water partition coefficient (Wildman–Crippen LogP) is 1.74. The van der Waals surface area contributed by atoms with Crippen LogP contribution in [0.3, 0.4) is 0 Å². The highest BCUT2D eigenvalue weighted by Gasteiger charge is 2.12. The van der Waals surface area contributed by atoms with Gasteiger partial charge in [0.15, 0.2) is 9.84 Å². The number of hydrogen-bond acceptors (Lipinski definition) is 3. The van der Waals surface area contributed by atoms with Gasteiger partial charge in [-0.1, -0.05) is 18.2 Å². The van der Waals surface area contributed by atoms with E-state index in [9.17, 15) is 13.5 Å². The number of rotatable bonds is 3. The fourth-order valence-corrected chi connectivity index (χ4v) is 2.38. The topological polar surface area (TPSA) is 54.4 Å². The molecule has 0 amide bonds. The summed E-state index contributed by atoms with van der Waals surface area (Å²) in [5, 5.41) is 10.3. The highest BCUT2D eigenvalue weighted by atomic mass is 32.2.